The fourth-order valence-electron chi connectivity index (χ4n) is 0.204. The molecule has 1 unspecified atom stereocenters. The van der Waals surface area contributed by atoms with Gasteiger partial charge in [-0.15, -0.1) is 0 Å². The zero-order valence-corrected chi connectivity index (χ0v) is 5.09. The molecule has 0 bridgehead atoms. The van der Waals surface area contributed by atoms with Crippen molar-refractivity contribution in [1.29, 1.82) is 0 Å². The predicted molar refractivity (Wildman–Crippen MR) is 27.9 cm³/mol. The molecule has 0 aromatic rings. The Morgan fingerprint density at radius 3 is 2.00 bits per heavy atom. The maximum absolute atomic E-state index is 9.87. The summed E-state index contributed by atoms with van der Waals surface area (Å²) in [5.41, 5.74) is -1.25. The zero-order chi connectivity index (χ0) is 6.78. The van der Waals surface area contributed by atoms with Gasteiger partial charge >= 0.3 is 0 Å². The van der Waals surface area contributed by atoms with Gasteiger partial charge in [-0.25, -0.2) is 5.11 Å². The molecule has 3 nitrogen and oxygen atoms in total. The summed E-state index contributed by atoms with van der Waals surface area (Å²) in [7, 11) is 0. The molecule has 0 amide bonds. The minimum absolute atomic E-state index is 0.649. The molecule has 3 heteroatoms. The van der Waals surface area contributed by atoms with E-state index < -0.39 is 18.3 Å². The maximum atomic E-state index is 9.87. The van der Waals surface area contributed by atoms with Crippen LogP contribution in [0.15, 0.2) is 0 Å². The van der Waals surface area contributed by atoms with Crippen molar-refractivity contribution in [2.45, 2.75) is 25.6 Å². The molecule has 0 fully saturated rings. The molecule has 1 atom stereocenters. The number of aliphatic hydroxyl groups excluding tert-OH is 1. The summed E-state index contributed by atoms with van der Waals surface area (Å²) in [6.45, 7) is 2.15. The van der Waals surface area contributed by atoms with E-state index >= 15 is 0 Å². The van der Waals surface area contributed by atoms with Crippen LogP contribution >= 0.6 is 0 Å². The van der Waals surface area contributed by atoms with E-state index in [-0.39, 0.29) is 0 Å². The molecule has 0 rings (SSSR count). The van der Waals surface area contributed by atoms with Gasteiger partial charge in [-0.3, -0.25) is 0 Å². The summed E-state index contributed by atoms with van der Waals surface area (Å²) in [4.78, 5) is 0. The molecule has 2 N–H and O–H groups in total. The lowest BCUT2D eigenvalue weighted by atomic mass is 10.0. The minimum atomic E-state index is -1.25. The van der Waals surface area contributed by atoms with Crippen LogP contribution in [0.4, 0.5) is 0 Å². The van der Waals surface area contributed by atoms with Gasteiger partial charge in [-0.1, -0.05) is 0 Å². The first kappa shape index (κ1) is 7.88. The molecule has 8 heavy (non-hydrogen) atoms. The summed E-state index contributed by atoms with van der Waals surface area (Å²) in [6, 6.07) is 0. The Hall–Kier alpha value is -0.120. The highest BCUT2D eigenvalue weighted by atomic mass is 16.4. The second-order valence-corrected chi connectivity index (χ2v) is 2.34. The van der Waals surface area contributed by atoms with E-state index in [1.54, 1.807) is 0 Å². The first-order valence-electron chi connectivity index (χ1n) is 2.47. The van der Waals surface area contributed by atoms with Crippen molar-refractivity contribution in [3.63, 3.8) is 0 Å². The first-order valence-corrected chi connectivity index (χ1v) is 2.47. The van der Waals surface area contributed by atoms with Crippen LogP contribution < -0.4 is 0 Å². The van der Waals surface area contributed by atoms with Gasteiger partial charge in [-0.05, 0) is 13.8 Å². The Labute approximate surface area is 48.6 Å². The van der Waals surface area contributed by atoms with Crippen LogP contribution in [0, 0.1) is 0 Å². The summed E-state index contributed by atoms with van der Waals surface area (Å²) in [5, 5.41) is 27.3. The van der Waals surface area contributed by atoms with Crippen LogP contribution in [0.25, 0.3) is 0 Å². The normalized spacial score (nSPS) is 16.1. The molecule has 0 spiro atoms. The standard InChI is InChI=1S/C5H11O3/c1-5(2,8)4(7)3-6/h4,7-8H,3H2,1-2H3. The van der Waals surface area contributed by atoms with E-state index in [1.165, 1.54) is 13.8 Å². The monoisotopic (exact) mass is 119 g/mol. The largest absolute Gasteiger partial charge is 0.388 e. The van der Waals surface area contributed by atoms with Crippen molar-refractivity contribution in [2.24, 2.45) is 0 Å². The lowest BCUT2D eigenvalue weighted by Gasteiger charge is -2.21. The van der Waals surface area contributed by atoms with Crippen molar-refractivity contribution < 1.29 is 15.3 Å². The molecule has 0 aromatic heterocycles. The average Bonchev–Trinajstić information content (AvgIpc) is 1.62. The fourth-order valence-corrected chi connectivity index (χ4v) is 0.204. The van der Waals surface area contributed by atoms with Gasteiger partial charge in [0.15, 0.2) is 0 Å². The Morgan fingerprint density at radius 1 is 1.62 bits per heavy atom. The van der Waals surface area contributed by atoms with Gasteiger partial charge in [0.2, 0.25) is 0 Å². The van der Waals surface area contributed by atoms with Gasteiger partial charge in [0, 0.05) is 0 Å². The van der Waals surface area contributed by atoms with Crippen molar-refractivity contribution in [2.75, 3.05) is 6.61 Å². The topological polar surface area (TPSA) is 60.4 Å². The third-order valence-corrected chi connectivity index (χ3v) is 0.973. The quantitative estimate of drug-likeness (QED) is 0.517. The molecular weight excluding hydrogens is 108 g/mol. The van der Waals surface area contributed by atoms with Gasteiger partial charge in [0.25, 0.3) is 0 Å². The third-order valence-electron chi connectivity index (χ3n) is 0.973. The van der Waals surface area contributed by atoms with Gasteiger partial charge in [0.1, 0.15) is 12.7 Å². The highest BCUT2D eigenvalue weighted by Crippen LogP contribution is 2.06. The van der Waals surface area contributed by atoms with Crippen molar-refractivity contribution in [1.82, 2.24) is 0 Å². The van der Waals surface area contributed by atoms with Gasteiger partial charge in [-0.2, -0.15) is 0 Å². The molecule has 0 aliphatic rings. The number of rotatable bonds is 2. The Balaban J connectivity index is 3.62. The molecule has 0 saturated heterocycles. The fraction of sp³-hybridized carbons (Fsp3) is 1.00. The molecule has 0 heterocycles. The average molecular weight is 119 g/mol. The van der Waals surface area contributed by atoms with Crippen molar-refractivity contribution in [3.05, 3.63) is 0 Å². The van der Waals surface area contributed by atoms with E-state index in [0.717, 1.165) is 0 Å². The molecule has 0 aromatic carbocycles. The first-order chi connectivity index (χ1) is 3.48. The Kier molecular flexibility index (Phi) is 2.40. The van der Waals surface area contributed by atoms with E-state index in [1.807, 2.05) is 0 Å². The third kappa shape index (κ3) is 2.26. The lowest BCUT2D eigenvalue weighted by Crippen LogP contribution is -2.37. The van der Waals surface area contributed by atoms with Crippen LogP contribution in [-0.4, -0.2) is 28.5 Å². The van der Waals surface area contributed by atoms with Crippen molar-refractivity contribution in [3.8, 4) is 0 Å². The summed E-state index contributed by atoms with van der Waals surface area (Å²) < 4.78 is 0. The summed E-state index contributed by atoms with van der Waals surface area (Å²) in [6.07, 6.45) is -1.15. The Bertz CT molecular complexity index is 64.6. The number of hydrogen-bond donors (Lipinski definition) is 2. The molecular formula is C5H11O3. The summed E-state index contributed by atoms with van der Waals surface area (Å²) >= 11 is 0. The predicted octanol–water partition coefficient (Wildman–Crippen LogP) is -0.451. The molecule has 0 saturated carbocycles. The smallest absolute Gasteiger partial charge is 0.111 e. The highest BCUT2D eigenvalue weighted by Gasteiger charge is 2.23. The van der Waals surface area contributed by atoms with Gasteiger partial charge in [0.05, 0.1) is 5.60 Å². The van der Waals surface area contributed by atoms with Crippen LogP contribution in [0.2, 0.25) is 0 Å². The second kappa shape index (κ2) is 2.44. The summed E-state index contributed by atoms with van der Waals surface area (Å²) in [5.74, 6) is 0. The zero-order valence-electron chi connectivity index (χ0n) is 5.09. The van der Waals surface area contributed by atoms with Crippen LogP contribution in [-0.2, 0) is 5.11 Å². The van der Waals surface area contributed by atoms with Gasteiger partial charge < -0.3 is 10.2 Å². The van der Waals surface area contributed by atoms with Crippen LogP contribution in [0.1, 0.15) is 13.8 Å². The van der Waals surface area contributed by atoms with Crippen LogP contribution in [0.3, 0.4) is 0 Å². The highest BCUT2D eigenvalue weighted by molar-refractivity contribution is 4.74. The van der Waals surface area contributed by atoms with E-state index in [0.29, 0.717) is 0 Å². The second-order valence-electron chi connectivity index (χ2n) is 2.34. The molecule has 0 aliphatic heterocycles. The van der Waals surface area contributed by atoms with Crippen LogP contribution in [0.5, 0.6) is 0 Å². The Morgan fingerprint density at radius 2 is 2.00 bits per heavy atom. The molecule has 49 valence electrons. The molecule has 1 radical (unpaired) electrons. The number of hydrogen-bond acceptors (Lipinski definition) is 2. The van der Waals surface area contributed by atoms with E-state index in [2.05, 4.69) is 0 Å². The SMILES string of the molecule is CC(C)(O)C(O)C[O]. The van der Waals surface area contributed by atoms with E-state index in [9.17, 15) is 5.11 Å². The van der Waals surface area contributed by atoms with Crippen molar-refractivity contribution >= 4 is 0 Å². The number of aliphatic hydroxyl groups is 2. The lowest BCUT2D eigenvalue weighted by molar-refractivity contribution is -0.0830. The minimum Gasteiger partial charge on any atom is -0.388 e. The van der Waals surface area contributed by atoms with E-state index in [4.69, 9.17) is 10.2 Å². The maximum Gasteiger partial charge on any atom is 0.111 e. The molecule has 0 aliphatic carbocycles.